The molecular weight excluding hydrogens is 425 g/mol. The molecule has 0 unspecified atom stereocenters. The fourth-order valence-electron chi connectivity index (χ4n) is 2.97. The van der Waals surface area contributed by atoms with Gasteiger partial charge in [-0.2, -0.15) is 0 Å². The average molecular weight is 448 g/mol. The van der Waals surface area contributed by atoms with E-state index in [1.165, 1.54) is 17.0 Å². The van der Waals surface area contributed by atoms with Crippen LogP contribution in [0.1, 0.15) is 36.5 Å². The number of carbonyl (C=O) groups excluding carboxylic acids is 3. The predicted molar refractivity (Wildman–Crippen MR) is 113 cm³/mol. The van der Waals surface area contributed by atoms with Crippen molar-refractivity contribution in [2.45, 2.75) is 32.2 Å². The lowest BCUT2D eigenvalue weighted by molar-refractivity contribution is -0.116. The Morgan fingerprint density at radius 3 is 2.28 bits per heavy atom. The Hall–Kier alpha value is -3.56. The maximum atomic E-state index is 13.8. The van der Waals surface area contributed by atoms with Crippen LogP contribution in [0.5, 0.6) is 0 Å². The van der Waals surface area contributed by atoms with E-state index in [9.17, 15) is 27.6 Å². The Bertz CT molecular complexity index is 1010. The Balaban J connectivity index is 1.62. The second-order valence-corrected chi connectivity index (χ2v) is 7.45. The summed E-state index contributed by atoms with van der Waals surface area (Å²) in [6.07, 6.45) is 2.48. The maximum Gasteiger partial charge on any atom is 0.319 e. The molecule has 0 spiro atoms. The van der Waals surface area contributed by atoms with E-state index >= 15 is 0 Å². The number of carbonyl (C=O) groups is 3. The molecule has 32 heavy (non-hydrogen) atoms. The molecule has 2 aromatic carbocycles. The van der Waals surface area contributed by atoms with Crippen LogP contribution >= 0.6 is 0 Å². The molecule has 0 radical (unpaired) electrons. The van der Waals surface area contributed by atoms with Crippen molar-refractivity contribution < 1.29 is 27.6 Å². The number of urea groups is 1. The highest BCUT2D eigenvalue weighted by Crippen LogP contribution is 2.20. The predicted octanol–water partition coefficient (Wildman–Crippen LogP) is 3.88. The molecule has 7 nitrogen and oxygen atoms in total. The number of amides is 4. The summed E-state index contributed by atoms with van der Waals surface area (Å²) in [5.41, 5.74) is 0.282. The minimum Gasteiger partial charge on any atom is -0.335 e. The molecule has 0 bridgehead atoms. The van der Waals surface area contributed by atoms with Crippen LogP contribution in [0.4, 0.5) is 29.3 Å². The summed E-state index contributed by atoms with van der Waals surface area (Å²) in [7, 11) is 0. The summed E-state index contributed by atoms with van der Waals surface area (Å²) in [5.74, 6) is -5.77. The van der Waals surface area contributed by atoms with Crippen molar-refractivity contribution in [3.63, 3.8) is 0 Å². The number of rotatable bonds is 8. The SMILES string of the molecule is CCCN(CC(=O)Nc1ccc(F)c(F)c1F)C(=O)c1ccc(NC(=O)NC2CC2)cc1. The molecular formula is C22H23F3N4O3. The van der Waals surface area contributed by atoms with Gasteiger partial charge in [-0.3, -0.25) is 9.59 Å². The minimum absolute atomic E-state index is 0.212. The number of halogens is 3. The van der Waals surface area contributed by atoms with Crippen molar-refractivity contribution in [1.29, 1.82) is 0 Å². The third-order valence-electron chi connectivity index (χ3n) is 4.73. The van der Waals surface area contributed by atoms with Gasteiger partial charge in [-0.15, -0.1) is 0 Å². The third kappa shape index (κ3) is 5.99. The number of anilines is 2. The molecule has 1 aliphatic carbocycles. The molecule has 0 aliphatic heterocycles. The Morgan fingerprint density at radius 1 is 0.969 bits per heavy atom. The van der Waals surface area contributed by atoms with Crippen LogP contribution in [0.2, 0.25) is 0 Å². The Kier molecular flexibility index (Phi) is 7.34. The van der Waals surface area contributed by atoms with Gasteiger partial charge in [0.2, 0.25) is 5.91 Å². The Labute approximate surface area is 183 Å². The van der Waals surface area contributed by atoms with Crippen molar-refractivity contribution in [1.82, 2.24) is 10.2 Å². The van der Waals surface area contributed by atoms with Gasteiger partial charge in [-0.05, 0) is 55.7 Å². The van der Waals surface area contributed by atoms with E-state index in [-0.39, 0.29) is 18.6 Å². The zero-order valence-corrected chi connectivity index (χ0v) is 17.4. The molecule has 4 amide bonds. The van der Waals surface area contributed by atoms with Crippen LogP contribution in [0.3, 0.4) is 0 Å². The molecule has 3 rings (SSSR count). The van der Waals surface area contributed by atoms with Crippen LogP contribution in [0, 0.1) is 17.5 Å². The van der Waals surface area contributed by atoms with Gasteiger partial charge < -0.3 is 20.9 Å². The summed E-state index contributed by atoms with van der Waals surface area (Å²) >= 11 is 0. The van der Waals surface area contributed by atoms with Crippen molar-refractivity contribution in [3.8, 4) is 0 Å². The van der Waals surface area contributed by atoms with Crippen LogP contribution in [0.25, 0.3) is 0 Å². The lowest BCUT2D eigenvalue weighted by Crippen LogP contribution is -2.38. The highest BCUT2D eigenvalue weighted by Gasteiger charge is 2.23. The third-order valence-corrected chi connectivity index (χ3v) is 4.73. The molecule has 2 aromatic rings. The van der Waals surface area contributed by atoms with E-state index in [0.717, 1.165) is 18.9 Å². The van der Waals surface area contributed by atoms with Crippen molar-refractivity contribution in [3.05, 3.63) is 59.4 Å². The number of nitrogens with one attached hydrogen (secondary N) is 3. The summed E-state index contributed by atoms with van der Waals surface area (Å²) in [4.78, 5) is 38.2. The standard InChI is InChI=1S/C22H23F3N4O3/c1-2-11-29(12-18(30)28-17-10-9-16(23)19(24)20(17)25)21(31)13-3-5-14(6-4-13)26-22(32)27-15-7-8-15/h3-6,9-10,15H,2,7-8,11-12H2,1H3,(H,28,30)(H2,26,27,32). The number of nitrogens with zero attached hydrogens (tertiary/aromatic N) is 1. The van der Waals surface area contributed by atoms with Gasteiger partial charge in [-0.25, -0.2) is 18.0 Å². The fraction of sp³-hybridized carbons (Fsp3) is 0.318. The zero-order valence-electron chi connectivity index (χ0n) is 17.4. The number of hydrogen-bond donors (Lipinski definition) is 3. The highest BCUT2D eigenvalue weighted by atomic mass is 19.2. The topological polar surface area (TPSA) is 90.5 Å². The molecule has 3 N–H and O–H groups in total. The van der Waals surface area contributed by atoms with E-state index in [1.54, 1.807) is 12.1 Å². The first-order chi connectivity index (χ1) is 15.3. The van der Waals surface area contributed by atoms with Gasteiger partial charge in [0.15, 0.2) is 17.5 Å². The quantitative estimate of drug-likeness (QED) is 0.536. The average Bonchev–Trinajstić information content (AvgIpc) is 3.57. The van der Waals surface area contributed by atoms with Crippen LogP contribution in [-0.2, 0) is 4.79 Å². The molecule has 10 heteroatoms. The highest BCUT2D eigenvalue weighted by molar-refractivity contribution is 6.00. The lowest BCUT2D eigenvalue weighted by Gasteiger charge is -2.22. The van der Waals surface area contributed by atoms with Crippen molar-refractivity contribution >= 4 is 29.2 Å². The molecule has 0 aromatic heterocycles. The van der Waals surface area contributed by atoms with Gasteiger partial charge in [0.05, 0.1) is 5.69 Å². The minimum atomic E-state index is -1.69. The second kappa shape index (κ2) is 10.2. The largest absolute Gasteiger partial charge is 0.335 e. The number of hydrogen-bond acceptors (Lipinski definition) is 3. The maximum absolute atomic E-state index is 13.8. The van der Waals surface area contributed by atoms with Crippen LogP contribution < -0.4 is 16.0 Å². The van der Waals surface area contributed by atoms with Crippen LogP contribution in [-0.4, -0.2) is 41.9 Å². The van der Waals surface area contributed by atoms with Gasteiger partial charge >= 0.3 is 6.03 Å². The summed E-state index contributed by atoms with van der Waals surface area (Å²) in [6.45, 7) is 1.66. The van der Waals surface area contributed by atoms with Gasteiger partial charge in [0.25, 0.3) is 5.91 Å². The molecule has 1 saturated carbocycles. The van der Waals surface area contributed by atoms with Crippen molar-refractivity contribution in [2.24, 2.45) is 0 Å². The second-order valence-electron chi connectivity index (χ2n) is 7.45. The first kappa shape index (κ1) is 23.1. The van der Waals surface area contributed by atoms with E-state index in [4.69, 9.17) is 0 Å². The lowest BCUT2D eigenvalue weighted by atomic mass is 10.1. The summed E-state index contributed by atoms with van der Waals surface area (Å²) in [6, 6.07) is 7.67. The molecule has 0 saturated heterocycles. The Morgan fingerprint density at radius 2 is 1.66 bits per heavy atom. The molecule has 170 valence electrons. The van der Waals surface area contributed by atoms with E-state index in [0.29, 0.717) is 23.7 Å². The molecule has 0 heterocycles. The van der Waals surface area contributed by atoms with E-state index in [1.807, 2.05) is 6.92 Å². The smallest absolute Gasteiger partial charge is 0.319 e. The molecule has 1 fully saturated rings. The van der Waals surface area contributed by atoms with Gasteiger partial charge in [0.1, 0.15) is 6.54 Å². The number of benzene rings is 2. The fourth-order valence-corrected chi connectivity index (χ4v) is 2.97. The van der Waals surface area contributed by atoms with Crippen LogP contribution in [0.15, 0.2) is 36.4 Å². The first-order valence-corrected chi connectivity index (χ1v) is 10.2. The van der Waals surface area contributed by atoms with Gasteiger partial charge in [-0.1, -0.05) is 6.92 Å². The normalized spacial score (nSPS) is 12.8. The van der Waals surface area contributed by atoms with Gasteiger partial charge in [0, 0.05) is 23.8 Å². The van der Waals surface area contributed by atoms with E-state index in [2.05, 4.69) is 16.0 Å². The molecule has 0 atom stereocenters. The van der Waals surface area contributed by atoms with E-state index < -0.39 is 41.5 Å². The van der Waals surface area contributed by atoms with Crippen molar-refractivity contribution in [2.75, 3.05) is 23.7 Å². The monoisotopic (exact) mass is 448 g/mol. The summed E-state index contributed by atoms with van der Waals surface area (Å²) in [5, 5.41) is 7.62. The summed E-state index contributed by atoms with van der Waals surface area (Å²) < 4.78 is 40.2. The molecule has 1 aliphatic rings. The zero-order chi connectivity index (χ0) is 23.3. The first-order valence-electron chi connectivity index (χ1n) is 10.2.